The average molecular weight is 257 g/mol. The van der Waals surface area contributed by atoms with Crippen LogP contribution in [0.3, 0.4) is 0 Å². The van der Waals surface area contributed by atoms with E-state index in [0.29, 0.717) is 0 Å². The molecule has 1 atom stereocenters. The maximum atomic E-state index is 12.0. The van der Waals surface area contributed by atoms with E-state index >= 15 is 0 Å². The van der Waals surface area contributed by atoms with Crippen LogP contribution in [0.15, 0.2) is 0 Å². The van der Waals surface area contributed by atoms with Crippen molar-refractivity contribution in [3.05, 3.63) is 0 Å². The Morgan fingerprint density at radius 1 is 1.17 bits per heavy atom. The number of nitrogens with one attached hydrogen (secondary N) is 1. The molecule has 6 nitrogen and oxygen atoms in total. The van der Waals surface area contributed by atoms with Crippen LogP contribution in [-0.2, 0) is 14.4 Å². The number of aliphatic carboxylic acids is 2. The van der Waals surface area contributed by atoms with Gasteiger partial charge in [-0.05, 0) is 12.8 Å². The van der Waals surface area contributed by atoms with Gasteiger partial charge in [0.15, 0.2) is 0 Å². The summed E-state index contributed by atoms with van der Waals surface area (Å²) in [4.78, 5) is 33.5. The number of hydrogen-bond donors (Lipinski definition) is 3. The summed E-state index contributed by atoms with van der Waals surface area (Å²) in [5, 5.41) is 19.8. The molecule has 6 heteroatoms. The van der Waals surface area contributed by atoms with Crippen LogP contribution in [0.5, 0.6) is 0 Å². The molecule has 0 saturated heterocycles. The zero-order chi connectivity index (χ0) is 13.8. The van der Waals surface area contributed by atoms with E-state index in [2.05, 4.69) is 5.32 Å². The number of hydrogen-bond acceptors (Lipinski definition) is 3. The lowest BCUT2D eigenvalue weighted by molar-refractivity contribution is -0.148. The summed E-state index contributed by atoms with van der Waals surface area (Å²) in [6.45, 7) is 1.81. The zero-order valence-electron chi connectivity index (χ0n) is 10.4. The molecule has 1 aliphatic carbocycles. The average Bonchev–Trinajstić information content (AvgIpc) is 2.28. The molecule has 0 spiro atoms. The predicted octanol–water partition coefficient (Wildman–Crippen LogP) is 1.00. The largest absolute Gasteiger partial charge is 0.481 e. The van der Waals surface area contributed by atoms with E-state index in [1.165, 1.54) is 0 Å². The minimum Gasteiger partial charge on any atom is -0.481 e. The van der Waals surface area contributed by atoms with Crippen molar-refractivity contribution in [1.82, 2.24) is 5.32 Å². The van der Waals surface area contributed by atoms with Crippen LogP contribution in [0.25, 0.3) is 0 Å². The molecule has 0 heterocycles. The molecule has 1 aliphatic rings. The fourth-order valence-electron chi connectivity index (χ4n) is 2.27. The van der Waals surface area contributed by atoms with Crippen LogP contribution in [-0.4, -0.2) is 34.1 Å². The molecule has 0 aromatic rings. The number of carboxylic acid groups (broad SMARTS) is 2. The van der Waals surface area contributed by atoms with Gasteiger partial charge in [-0.1, -0.05) is 26.2 Å². The Morgan fingerprint density at radius 2 is 1.72 bits per heavy atom. The standard InChI is InChI=1S/C12H19NO5/c1-12(5-3-2-4-6-12)11(18)13-8(10(16)17)7-9(14)15/h8H,2-7H2,1H3,(H,13,18)(H,14,15)(H,16,17)/t8-/m1/s1. The molecule has 1 amide bonds. The molecule has 0 aromatic carbocycles. The van der Waals surface area contributed by atoms with E-state index in [4.69, 9.17) is 10.2 Å². The molecule has 0 unspecified atom stereocenters. The van der Waals surface area contributed by atoms with Gasteiger partial charge in [-0.2, -0.15) is 0 Å². The maximum absolute atomic E-state index is 12.0. The van der Waals surface area contributed by atoms with Gasteiger partial charge in [-0.3, -0.25) is 9.59 Å². The van der Waals surface area contributed by atoms with E-state index < -0.39 is 29.8 Å². The second-order valence-corrected chi connectivity index (χ2v) is 5.08. The van der Waals surface area contributed by atoms with Crippen molar-refractivity contribution in [2.45, 2.75) is 51.5 Å². The summed E-state index contributed by atoms with van der Waals surface area (Å²) in [5.74, 6) is -2.91. The van der Waals surface area contributed by atoms with Gasteiger partial charge < -0.3 is 15.5 Å². The van der Waals surface area contributed by atoms with E-state index in [0.717, 1.165) is 32.1 Å². The highest BCUT2D eigenvalue weighted by Crippen LogP contribution is 2.35. The second kappa shape index (κ2) is 5.84. The summed E-state index contributed by atoms with van der Waals surface area (Å²) in [7, 11) is 0. The smallest absolute Gasteiger partial charge is 0.326 e. The fourth-order valence-corrected chi connectivity index (χ4v) is 2.27. The van der Waals surface area contributed by atoms with Crippen LogP contribution in [0.1, 0.15) is 45.4 Å². The van der Waals surface area contributed by atoms with Crippen molar-refractivity contribution in [2.75, 3.05) is 0 Å². The summed E-state index contributed by atoms with van der Waals surface area (Å²) < 4.78 is 0. The molecule has 0 bridgehead atoms. The van der Waals surface area contributed by atoms with Gasteiger partial charge in [0.2, 0.25) is 5.91 Å². The highest BCUT2D eigenvalue weighted by molar-refractivity contribution is 5.89. The van der Waals surface area contributed by atoms with Crippen molar-refractivity contribution >= 4 is 17.8 Å². The third kappa shape index (κ3) is 3.72. The monoisotopic (exact) mass is 257 g/mol. The summed E-state index contributed by atoms with van der Waals surface area (Å²) in [6.07, 6.45) is 3.81. The van der Waals surface area contributed by atoms with Crippen molar-refractivity contribution in [3.8, 4) is 0 Å². The Balaban J connectivity index is 2.65. The summed E-state index contributed by atoms with van der Waals surface area (Å²) in [6, 6.07) is -1.35. The highest BCUT2D eigenvalue weighted by atomic mass is 16.4. The Labute approximate surface area is 105 Å². The fraction of sp³-hybridized carbons (Fsp3) is 0.750. The van der Waals surface area contributed by atoms with Crippen molar-refractivity contribution in [1.29, 1.82) is 0 Å². The number of rotatable bonds is 5. The van der Waals surface area contributed by atoms with Crippen molar-refractivity contribution in [2.24, 2.45) is 5.41 Å². The van der Waals surface area contributed by atoms with E-state index in [1.807, 2.05) is 0 Å². The molecule has 1 rings (SSSR count). The molecule has 0 aliphatic heterocycles. The Morgan fingerprint density at radius 3 is 2.17 bits per heavy atom. The lowest BCUT2D eigenvalue weighted by atomic mass is 9.75. The van der Waals surface area contributed by atoms with E-state index in [-0.39, 0.29) is 5.91 Å². The first-order valence-electron chi connectivity index (χ1n) is 6.11. The number of carboxylic acids is 2. The van der Waals surface area contributed by atoms with Crippen LogP contribution < -0.4 is 5.32 Å². The first-order chi connectivity index (χ1) is 8.35. The quantitative estimate of drug-likeness (QED) is 0.681. The van der Waals surface area contributed by atoms with Crippen LogP contribution >= 0.6 is 0 Å². The summed E-state index contributed by atoms with van der Waals surface area (Å²) in [5.41, 5.74) is -0.565. The molecule has 102 valence electrons. The molecular weight excluding hydrogens is 238 g/mol. The van der Waals surface area contributed by atoms with Gasteiger partial charge in [0, 0.05) is 5.41 Å². The van der Waals surface area contributed by atoms with E-state index in [1.54, 1.807) is 6.92 Å². The lowest BCUT2D eigenvalue weighted by Gasteiger charge is -2.32. The summed E-state index contributed by atoms with van der Waals surface area (Å²) >= 11 is 0. The minimum absolute atomic E-state index is 0.351. The molecular formula is C12H19NO5. The van der Waals surface area contributed by atoms with Gasteiger partial charge in [-0.15, -0.1) is 0 Å². The molecule has 18 heavy (non-hydrogen) atoms. The first kappa shape index (κ1) is 14.5. The third-order valence-corrected chi connectivity index (χ3v) is 3.49. The topological polar surface area (TPSA) is 104 Å². The Hall–Kier alpha value is -1.59. The van der Waals surface area contributed by atoms with Gasteiger partial charge in [0.1, 0.15) is 6.04 Å². The van der Waals surface area contributed by atoms with Crippen molar-refractivity contribution < 1.29 is 24.6 Å². The normalized spacial score (nSPS) is 19.8. The van der Waals surface area contributed by atoms with Crippen molar-refractivity contribution in [3.63, 3.8) is 0 Å². The molecule has 1 fully saturated rings. The molecule has 0 aromatic heterocycles. The Bertz CT molecular complexity index is 346. The minimum atomic E-state index is -1.35. The number of carbonyl (C=O) groups excluding carboxylic acids is 1. The zero-order valence-corrected chi connectivity index (χ0v) is 10.4. The third-order valence-electron chi connectivity index (χ3n) is 3.49. The molecule has 3 N–H and O–H groups in total. The molecule has 1 saturated carbocycles. The predicted molar refractivity (Wildman–Crippen MR) is 63.0 cm³/mol. The number of carbonyl (C=O) groups is 3. The second-order valence-electron chi connectivity index (χ2n) is 5.08. The van der Waals surface area contributed by atoms with Crippen LogP contribution in [0.4, 0.5) is 0 Å². The van der Waals surface area contributed by atoms with Gasteiger partial charge in [-0.25, -0.2) is 4.79 Å². The molecule has 0 radical (unpaired) electrons. The van der Waals surface area contributed by atoms with Crippen LogP contribution in [0, 0.1) is 5.41 Å². The number of amides is 1. The van der Waals surface area contributed by atoms with Gasteiger partial charge >= 0.3 is 11.9 Å². The highest BCUT2D eigenvalue weighted by Gasteiger charge is 2.36. The lowest BCUT2D eigenvalue weighted by Crippen LogP contribution is -2.48. The first-order valence-corrected chi connectivity index (χ1v) is 6.11. The van der Waals surface area contributed by atoms with Gasteiger partial charge in [0.25, 0.3) is 0 Å². The SMILES string of the molecule is CC1(C(=O)N[C@H](CC(=O)O)C(=O)O)CCCCC1. The van der Waals surface area contributed by atoms with Gasteiger partial charge in [0.05, 0.1) is 6.42 Å². The maximum Gasteiger partial charge on any atom is 0.326 e. The van der Waals surface area contributed by atoms with E-state index in [9.17, 15) is 14.4 Å². The van der Waals surface area contributed by atoms with Crippen LogP contribution in [0.2, 0.25) is 0 Å². The Kier molecular flexibility index (Phi) is 4.69.